The fraction of sp³-hybridized carbons (Fsp3) is 0.500. The molecule has 0 saturated carbocycles. The highest BCUT2D eigenvalue weighted by molar-refractivity contribution is 9.10. The predicted octanol–water partition coefficient (Wildman–Crippen LogP) is 2.91. The van der Waals surface area contributed by atoms with E-state index in [4.69, 9.17) is 9.47 Å². The van der Waals surface area contributed by atoms with E-state index in [1.807, 2.05) is 24.3 Å². The van der Waals surface area contributed by atoms with E-state index in [1.54, 1.807) is 7.11 Å². The molecule has 1 aromatic carbocycles. The summed E-state index contributed by atoms with van der Waals surface area (Å²) in [5.74, 6) is 0. The highest BCUT2D eigenvalue weighted by Gasteiger charge is 1.92. The van der Waals surface area contributed by atoms with E-state index in [0.29, 0.717) is 0 Å². The summed E-state index contributed by atoms with van der Waals surface area (Å²) in [4.78, 5) is 0. The van der Waals surface area contributed by atoms with Crippen molar-refractivity contribution in [1.29, 1.82) is 0 Å². The summed E-state index contributed by atoms with van der Waals surface area (Å²) in [6, 6.07) is 8.10. The minimum Gasteiger partial charge on any atom is -0.385 e. The Morgan fingerprint density at radius 1 is 1.12 bits per heavy atom. The molecule has 0 fully saturated rings. The molecule has 0 aromatic heterocycles. The van der Waals surface area contributed by atoms with Crippen LogP contribution in [0.5, 0.6) is 0 Å². The van der Waals surface area contributed by atoms with Gasteiger partial charge < -0.3 is 14.8 Å². The second-order valence-corrected chi connectivity index (χ2v) is 4.31. The first-order valence-electron chi connectivity index (χ1n) is 5.39. The van der Waals surface area contributed by atoms with Gasteiger partial charge in [-0.05, 0) is 30.7 Å². The van der Waals surface area contributed by atoms with E-state index in [9.17, 15) is 0 Å². The maximum atomic E-state index is 5.43. The second-order valence-electron chi connectivity index (χ2n) is 3.39. The Morgan fingerprint density at radius 2 is 1.88 bits per heavy atom. The lowest BCUT2D eigenvalue weighted by atomic mass is 10.3. The second kappa shape index (κ2) is 8.56. The van der Waals surface area contributed by atoms with Crippen molar-refractivity contribution < 1.29 is 9.47 Å². The summed E-state index contributed by atoms with van der Waals surface area (Å²) in [6.07, 6.45) is 0.953. The molecule has 1 rings (SSSR count). The van der Waals surface area contributed by atoms with Gasteiger partial charge in [-0.2, -0.15) is 0 Å². The Labute approximate surface area is 105 Å². The quantitative estimate of drug-likeness (QED) is 0.746. The maximum Gasteiger partial charge on any atom is 0.0639 e. The molecule has 0 aliphatic heterocycles. The number of rotatable bonds is 8. The van der Waals surface area contributed by atoms with Crippen LogP contribution in [0.1, 0.15) is 6.42 Å². The van der Waals surface area contributed by atoms with Crippen molar-refractivity contribution in [3.05, 3.63) is 28.7 Å². The van der Waals surface area contributed by atoms with Crippen molar-refractivity contribution >= 4 is 21.6 Å². The maximum absolute atomic E-state index is 5.43. The smallest absolute Gasteiger partial charge is 0.0639 e. The van der Waals surface area contributed by atoms with Gasteiger partial charge in [0.2, 0.25) is 0 Å². The largest absolute Gasteiger partial charge is 0.385 e. The van der Waals surface area contributed by atoms with Crippen LogP contribution in [0.3, 0.4) is 0 Å². The number of benzene rings is 1. The molecule has 0 atom stereocenters. The zero-order valence-electron chi connectivity index (χ0n) is 9.54. The number of halogens is 1. The summed E-state index contributed by atoms with van der Waals surface area (Å²) in [6.45, 7) is 3.07. The van der Waals surface area contributed by atoms with Gasteiger partial charge in [-0.25, -0.2) is 0 Å². The number of anilines is 1. The molecule has 3 nitrogen and oxygen atoms in total. The van der Waals surface area contributed by atoms with Crippen molar-refractivity contribution in [3.8, 4) is 0 Å². The molecule has 0 aliphatic carbocycles. The van der Waals surface area contributed by atoms with Crippen LogP contribution in [0.2, 0.25) is 0 Å². The van der Waals surface area contributed by atoms with Crippen LogP contribution < -0.4 is 5.32 Å². The summed E-state index contributed by atoms with van der Waals surface area (Å²) in [5, 5.41) is 3.29. The van der Waals surface area contributed by atoms with Crippen molar-refractivity contribution in [1.82, 2.24) is 0 Å². The highest BCUT2D eigenvalue weighted by Crippen LogP contribution is 2.13. The topological polar surface area (TPSA) is 30.5 Å². The highest BCUT2D eigenvalue weighted by atomic mass is 79.9. The minimum atomic E-state index is 0.722. The van der Waals surface area contributed by atoms with Crippen LogP contribution in [0.25, 0.3) is 0 Å². The zero-order valence-corrected chi connectivity index (χ0v) is 11.1. The SMILES string of the molecule is COCCCOCCNc1ccc(Br)cc1. The minimum absolute atomic E-state index is 0.722. The molecule has 0 aliphatic rings. The molecule has 4 heteroatoms. The molecule has 90 valence electrons. The third-order valence-corrected chi connectivity index (χ3v) is 2.59. The molecule has 0 unspecified atom stereocenters. The van der Waals surface area contributed by atoms with Gasteiger partial charge in [0.1, 0.15) is 0 Å². The molecule has 0 heterocycles. The van der Waals surface area contributed by atoms with E-state index in [1.165, 1.54) is 0 Å². The first-order valence-corrected chi connectivity index (χ1v) is 6.18. The third-order valence-electron chi connectivity index (χ3n) is 2.06. The Kier molecular flexibility index (Phi) is 7.21. The molecule has 0 amide bonds. The van der Waals surface area contributed by atoms with Gasteiger partial charge in [-0.3, -0.25) is 0 Å². The van der Waals surface area contributed by atoms with Crippen LogP contribution >= 0.6 is 15.9 Å². The van der Waals surface area contributed by atoms with Crippen LogP contribution in [0.4, 0.5) is 5.69 Å². The lowest BCUT2D eigenvalue weighted by molar-refractivity contribution is 0.109. The third kappa shape index (κ3) is 6.10. The van der Waals surface area contributed by atoms with Gasteiger partial charge in [-0.1, -0.05) is 15.9 Å². The van der Waals surface area contributed by atoms with Crippen molar-refractivity contribution in [2.24, 2.45) is 0 Å². The molecule has 1 aromatic rings. The van der Waals surface area contributed by atoms with Crippen LogP contribution in [0.15, 0.2) is 28.7 Å². The van der Waals surface area contributed by atoms with Gasteiger partial charge in [0, 0.05) is 37.0 Å². The van der Waals surface area contributed by atoms with Crippen molar-refractivity contribution in [3.63, 3.8) is 0 Å². The Bertz CT molecular complexity index is 277. The molecule has 16 heavy (non-hydrogen) atoms. The van der Waals surface area contributed by atoms with Crippen LogP contribution in [-0.2, 0) is 9.47 Å². The monoisotopic (exact) mass is 287 g/mol. The normalized spacial score (nSPS) is 10.4. The summed E-state index contributed by atoms with van der Waals surface area (Å²) in [7, 11) is 1.70. The lowest BCUT2D eigenvalue weighted by Crippen LogP contribution is -2.10. The summed E-state index contributed by atoms with van der Waals surface area (Å²) in [5.41, 5.74) is 1.11. The summed E-state index contributed by atoms with van der Waals surface area (Å²) < 4.78 is 11.4. The molecule has 0 bridgehead atoms. The Morgan fingerprint density at radius 3 is 2.56 bits per heavy atom. The van der Waals surface area contributed by atoms with Crippen molar-refractivity contribution in [2.45, 2.75) is 6.42 Å². The number of hydrogen-bond donors (Lipinski definition) is 1. The van der Waals surface area contributed by atoms with Crippen LogP contribution in [0, 0.1) is 0 Å². The number of ether oxygens (including phenoxy) is 2. The number of hydrogen-bond acceptors (Lipinski definition) is 3. The average Bonchev–Trinajstić information content (AvgIpc) is 2.30. The van der Waals surface area contributed by atoms with Gasteiger partial charge in [0.05, 0.1) is 6.61 Å². The average molecular weight is 288 g/mol. The zero-order chi connectivity index (χ0) is 11.6. The first-order chi connectivity index (χ1) is 7.83. The molecule has 0 spiro atoms. The molecule has 1 N–H and O–H groups in total. The van der Waals surface area contributed by atoms with E-state index >= 15 is 0 Å². The van der Waals surface area contributed by atoms with E-state index in [-0.39, 0.29) is 0 Å². The van der Waals surface area contributed by atoms with E-state index in [2.05, 4.69) is 21.2 Å². The molecular weight excluding hydrogens is 270 g/mol. The number of nitrogens with one attached hydrogen (secondary N) is 1. The van der Waals surface area contributed by atoms with Crippen molar-refractivity contribution in [2.75, 3.05) is 38.8 Å². The number of methoxy groups -OCH3 is 1. The summed E-state index contributed by atoms with van der Waals surface area (Å²) >= 11 is 3.40. The Hall–Kier alpha value is -0.580. The van der Waals surface area contributed by atoms with Gasteiger partial charge in [-0.15, -0.1) is 0 Å². The Balaban J connectivity index is 2.01. The van der Waals surface area contributed by atoms with Gasteiger partial charge in [0.15, 0.2) is 0 Å². The molecule has 0 radical (unpaired) electrons. The molecular formula is C12H18BrNO2. The first kappa shape index (κ1) is 13.5. The fourth-order valence-electron chi connectivity index (χ4n) is 1.24. The predicted molar refractivity (Wildman–Crippen MR) is 69.9 cm³/mol. The lowest BCUT2D eigenvalue weighted by Gasteiger charge is -2.07. The standard InChI is InChI=1S/C12H18BrNO2/c1-15-8-2-9-16-10-7-14-12-5-3-11(13)4-6-12/h3-6,14H,2,7-10H2,1H3. The molecule has 0 saturated heterocycles. The fourth-order valence-corrected chi connectivity index (χ4v) is 1.51. The van der Waals surface area contributed by atoms with Crippen LogP contribution in [-0.4, -0.2) is 33.5 Å². The van der Waals surface area contributed by atoms with Gasteiger partial charge in [0.25, 0.3) is 0 Å². The van der Waals surface area contributed by atoms with Gasteiger partial charge >= 0.3 is 0 Å². The van der Waals surface area contributed by atoms with E-state index < -0.39 is 0 Å². The van der Waals surface area contributed by atoms with E-state index in [0.717, 1.165) is 42.9 Å².